The maximum Gasteiger partial charge on any atom is 0.335 e. The van der Waals surface area contributed by atoms with E-state index in [0.717, 1.165) is 3.57 Å². The van der Waals surface area contributed by atoms with Crippen molar-refractivity contribution in [1.29, 1.82) is 5.26 Å². The van der Waals surface area contributed by atoms with Crippen molar-refractivity contribution in [1.82, 2.24) is 0 Å². The molecule has 0 bridgehead atoms. The minimum absolute atomic E-state index is 0.0616. The third kappa shape index (κ3) is 3.23. The highest BCUT2D eigenvalue weighted by Gasteiger charge is 2.09. The molecule has 0 aromatic heterocycles. The molecule has 2 rings (SSSR count). The Bertz CT molecular complexity index is 659. The smallest absolute Gasteiger partial charge is 0.335 e. The number of hydrogen-bond acceptors (Lipinski definition) is 3. The number of halogens is 1. The Morgan fingerprint density at radius 3 is 2.47 bits per heavy atom. The van der Waals surface area contributed by atoms with Crippen LogP contribution >= 0.6 is 22.6 Å². The van der Waals surface area contributed by atoms with Gasteiger partial charge in [-0.2, -0.15) is 5.26 Å². The normalized spacial score (nSPS) is 9.68. The van der Waals surface area contributed by atoms with E-state index in [0.29, 0.717) is 11.5 Å². The molecule has 1 N–H and O–H groups in total. The minimum atomic E-state index is -1.07. The fraction of sp³-hybridized carbons (Fsp3) is 0. The number of carboxylic acid groups (broad SMARTS) is 1. The largest absolute Gasteiger partial charge is 0.478 e. The average molecular weight is 365 g/mol. The van der Waals surface area contributed by atoms with E-state index in [1.165, 1.54) is 18.2 Å². The molecule has 0 aliphatic carbocycles. The van der Waals surface area contributed by atoms with Crippen LogP contribution in [0.25, 0.3) is 0 Å². The Labute approximate surface area is 123 Å². The average Bonchev–Trinajstić information content (AvgIpc) is 2.41. The van der Waals surface area contributed by atoms with Crippen LogP contribution in [0.3, 0.4) is 0 Å². The number of benzene rings is 2. The maximum absolute atomic E-state index is 10.8. The predicted molar refractivity (Wildman–Crippen MR) is 77.3 cm³/mol. The van der Waals surface area contributed by atoms with Crippen molar-refractivity contribution in [3.05, 3.63) is 57.2 Å². The number of rotatable bonds is 3. The van der Waals surface area contributed by atoms with Crippen LogP contribution in [0.4, 0.5) is 0 Å². The molecule has 5 heteroatoms. The van der Waals surface area contributed by atoms with Crippen molar-refractivity contribution in [2.75, 3.05) is 0 Å². The lowest BCUT2D eigenvalue weighted by atomic mass is 10.1. The van der Waals surface area contributed by atoms with Crippen molar-refractivity contribution < 1.29 is 14.6 Å². The standard InChI is InChI=1S/C14H8INO3/c15-11-2-4-12(5-3-11)19-13-6-1-9(14(17)18)7-10(13)8-16/h1-7H,(H,17,18). The van der Waals surface area contributed by atoms with Gasteiger partial charge < -0.3 is 9.84 Å². The van der Waals surface area contributed by atoms with Crippen molar-refractivity contribution in [2.45, 2.75) is 0 Å². The van der Waals surface area contributed by atoms with Gasteiger partial charge in [0, 0.05) is 3.57 Å². The zero-order valence-corrected chi connectivity index (χ0v) is 11.8. The lowest BCUT2D eigenvalue weighted by Gasteiger charge is -2.08. The van der Waals surface area contributed by atoms with Crippen LogP contribution in [0, 0.1) is 14.9 Å². The zero-order chi connectivity index (χ0) is 13.8. The first kappa shape index (κ1) is 13.4. The SMILES string of the molecule is N#Cc1cc(C(=O)O)ccc1Oc1ccc(I)cc1. The Morgan fingerprint density at radius 1 is 1.21 bits per heavy atom. The van der Waals surface area contributed by atoms with Gasteiger partial charge in [-0.15, -0.1) is 0 Å². The lowest BCUT2D eigenvalue weighted by molar-refractivity contribution is 0.0697. The Morgan fingerprint density at radius 2 is 1.89 bits per heavy atom. The molecular formula is C14H8INO3. The third-order valence-corrected chi connectivity index (χ3v) is 3.11. The molecule has 19 heavy (non-hydrogen) atoms. The van der Waals surface area contributed by atoms with Crippen molar-refractivity contribution >= 4 is 28.6 Å². The number of carbonyl (C=O) groups is 1. The Hall–Kier alpha value is -2.07. The highest BCUT2D eigenvalue weighted by Crippen LogP contribution is 2.26. The molecule has 2 aromatic carbocycles. The fourth-order valence-electron chi connectivity index (χ4n) is 1.47. The molecule has 0 saturated carbocycles. The molecule has 0 spiro atoms. The van der Waals surface area contributed by atoms with Crippen LogP contribution in [0.15, 0.2) is 42.5 Å². The van der Waals surface area contributed by atoms with Crippen LogP contribution in [-0.2, 0) is 0 Å². The molecule has 0 radical (unpaired) electrons. The second-order valence-corrected chi connectivity index (χ2v) is 4.93. The summed E-state index contributed by atoms with van der Waals surface area (Å²) in [5.41, 5.74) is 0.255. The highest BCUT2D eigenvalue weighted by atomic mass is 127. The first-order valence-corrected chi connectivity index (χ1v) is 6.39. The number of nitriles is 1. The van der Waals surface area contributed by atoms with E-state index in [-0.39, 0.29) is 11.1 Å². The van der Waals surface area contributed by atoms with E-state index in [2.05, 4.69) is 22.6 Å². The molecule has 4 nitrogen and oxygen atoms in total. The number of ether oxygens (including phenoxy) is 1. The van der Waals surface area contributed by atoms with E-state index >= 15 is 0 Å². The molecule has 0 fully saturated rings. The van der Waals surface area contributed by atoms with E-state index in [1.54, 1.807) is 12.1 Å². The van der Waals surface area contributed by atoms with Gasteiger partial charge in [0.05, 0.1) is 11.1 Å². The summed E-state index contributed by atoms with van der Waals surface area (Å²) < 4.78 is 6.65. The van der Waals surface area contributed by atoms with Gasteiger partial charge in [-0.05, 0) is 65.1 Å². The van der Waals surface area contributed by atoms with Crippen LogP contribution < -0.4 is 4.74 Å². The van der Waals surface area contributed by atoms with Crippen LogP contribution in [0.2, 0.25) is 0 Å². The maximum atomic E-state index is 10.8. The fourth-order valence-corrected chi connectivity index (χ4v) is 1.83. The monoisotopic (exact) mass is 365 g/mol. The summed E-state index contributed by atoms with van der Waals surface area (Å²) in [5, 5.41) is 17.9. The molecule has 0 atom stereocenters. The summed E-state index contributed by atoms with van der Waals surface area (Å²) in [5.74, 6) is -0.133. The minimum Gasteiger partial charge on any atom is -0.478 e. The number of aromatic carboxylic acids is 1. The summed E-state index contributed by atoms with van der Waals surface area (Å²) in [7, 11) is 0. The van der Waals surface area contributed by atoms with Gasteiger partial charge in [0.15, 0.2) is 0 Å². The third-order valence-electron chi connectivity index (χ3n) is 2.39. The highest BCUT2D eigenvalue weighted by molar-refractivity contribution is 14.1. The van der Waals surface area contributed by atoms with Crippen molar-refractivity contribution in [2.24, 2.45) is 0 Å². The van der Waals surface area contributed by atoms with Gasteiger partial charge in [-0.25, -0.2) is 4.79 Å². The molecule has 0 unspecified atom stereocenters. The number of hydrogen-bond donors (Lipinski definition) is 1. The van der Waals surface area contributed by atoms with E-state index in [4.69, 9.17) is 15.1 Å². The van der Waals surface area contributed by atoms with Gasteiger partial charge in [0.25, 0.3) is 0 Å². The molecule has 94 valence electrons. The molecule has 0 heterocycles. The first-order chi connectivity index (χ1) is 9.10. The van der Waals surface area contributed by atoms with Gasteiger partial charge >= 0.3 is 5.97 Å². The van der Waals surface area contributed by atoms with Crippen LogP contribution in [-0.4, -0.2) is 11.1 Å². The number of nitrogens with zero attached hydrogens (tertiary/aromatic N) is 1. The van der Waals surface area contributed by atoms with E-state index in [9.17, 15) is 4.79 Å². The van der Waals surface area contributed by atoms with Gasteiger partial charge in [-0.1, -0.05) is 0 Å². The summed E-state index contributed by atoms with van der Waals surface area (Å²) in [6.45, 7) is 0. The zero-order valence-electron chi connectivity index (χ0n) is 9.63. The molecule has 0 aliphatic rings. The van der Waals surface area contributed by atoms with Gasteiger partial charge in [-0.3, -0.25) is 0 Å². The Kier molecular flexibility index (Phi) is 4.02. The summed E-state index contributed by atoms with van der Waals surface area (Å²) in [6, 6.07) is 13.5. The van der Waals surface area contributed by atoms with E-state index in [1.807, 2.05) is 18.2 Å². The molecule has 0 aliphatic heterocycles. The molecular weight excluding hydrogens is 357 g/mol. The quantitative estimate of drug-likeness (QED) is 0.843. The van der Waals surface area contributed by atoms with Crippen LogP contribution in [0.5, 0.6) is 11.5 Å². The summed E-state index contributed by atoms with van der Waals surface area (Å²) >= 11 is 2.18. The van der Waals surface area contributed by atoms with Crippen molar-refractivity contribution in [3.8, 4) is 17.6 Å². The predicted octanol–water partition coefficient (Wildman–Crippen LogP) is 3.65. The van der Waals surface area contributed by atoms with Gasteiger partial charge in [0.2, 0.25) is 0 Å². The molecule has 0 amide bonds. The second kappa shape index (κ2) is 5.71. The van der Waals surface area contributed by atoms with Gasteiger partial charge in [0.1, 0.15) is 17.6 Å². The first-order valence-electron chi connectivity index (χ1n) is 5.31. The van der Waals surface area contributed by atoms with E-state index < -0.39 is 5.97 Å². The number of carboxylic acids is 1. The van der Waals surface area contributed by atoms with Crippen molar-refractivity contribution in [3.63, 3.8) is 0 Å². The summed E-state index contributed by atoms with van der Waals surface area (Å²) in [4.78, 5) is 10.8. The summed E-state index contributed by atoms with van der Waals surface area (Å²) in [6.07, 6.45) is 0. The Balaban J connectivity index is 2.33. The molecule has 2 aromatic rings. The lowest BCUT2D eigenvalue weighted by Crippen LogP contribution is -1.98. The molecule has 0 saturated heterocycles. The topological polar surface area (TPSA) is 70.3 Å². The van der Waals surface area contributed by atoms with Crippen LogP contribution in [0.1, 0.15) is 15.9 Å². The second-order valence-electron chi connectivity index (χ2n) is 3.68.